The Labute approximate surface area is 87.1 Å². The van der Waals surface area contributed by atoms with E-state index < -0.39 is 0 Å². The van der Waals surface area contributed by atoms with Crippen molar-refractivity contribution < 1.29 is 9.84 Å². The fourth-order valence-electron chi connectivity index (χ4n) is 1.99. The van der Waals surface area contributed by atoms with Crippen molar-refractivity contribution in [3.05, 3.63) is 0 Å². The summed E-state index contributed by atoms with van der Waals surface area (Å²) in [5, 5.41) is 9.43. The van der Waals surface area contributed by atoms with Crippen molar-refractivity contribution in [2.75, 3.05) is 32.8 Å². The monoisotopic (exact) mass is 201 g/mol. The molecule has 1 rings (SSSR count). The van der Waals surface area contributed by atoms with Gasteiger partial charge in [0, 0.05) is 26.3 Å². The van der Waals surface area contributed by atoms with Crippen LogP contribution in [0.1, 0.15) is 26.7 Å². The second-order valence-corrected chi connectivity index (χ2v) is 4.14. The molecule has 0 amide bonds. The molecule has 1 saturated heterocycles. The Bertz CT molecular complexity index is 150. The summed E-state index contributed by atoms with van der Waals surface area (Å²) in [4.78, 5) is 2.43. The average molecular weight is 201 g/mol. The fourth-order valence-corrected chi connectivity index (χ4v) is 1.99. The van der Waals surface area contributed by atoms with Crippen molar-refractivity contribution in [3.8, 4) is 0 Å². The lowest BCUT2D eigenvalue weighted by Crippen LogP contribution is -2.25. The minimum absolute atomic E-state index is 0.146. The van der Waals surface area contributed by atoms with Crippen LogP contribution in [0.2, 0.25) is 0 Å². The van der Waals surface area contributed by atoms with E-state index >= 15 is 0 Å². The fraction of sp³-hybridized carbons (Fsp3) is 1.00. The lowest BCUT2D eigenvalue weighted by molar-refractivity contribution is 0.120. The molecule has 1 N–H and O–H groups in total. The second kappa shape index (κ2) is 6.38. The van der Waals surface area contributed by atoms with E-state index in [1.54, 1.807) is 0 Å². The van der Waals surface area contributed by atoms with E-state index in [0.717, 1.165) is 45.7 Å². The quantitative estimate of drug-likeness (QED) is 0.654. The van der Waals surface area contributed by atoms with Gasteiger partial charge >= 0.3 is 0 Å². The van der Waals surface area contributed by atoms with E-state index in [9.17, 15) is 5.11 Å². The van der Waals surface area contributed by atoms with Gasteiger partial charge in [-0.3, -0.25) is 0 Å². The molecule has 3 nitrogen and oxygen atoms in total. The number of nitrogens with zero attached hydrogens (tertiary/aromatic N) is 1. The van der Waals surface area contributed by atoms with Gasteiger partial charge in [-0.2, -0.15) is 0 Å². The molecule has 0 radical (unpaired) electrons. The Kier molecular flexibility index (Phi) is 5.45. The zero-order valence-corrected chi connectivity index (χ0v) is 9.41. The zero-order chi connectivity index (χ0) is 10.4. The Morgan fingerprint density at radius 1 is 1.57 bits per heavy atom. The van der Waals surface area contributed by atoms with Gasteiger partial charge in [0.15, 0.2) is 0 Å². The number of ether oxygens (including phenoxy) is 1. The van der Waals surface area contributed by atoms with Gasteiger partial charge in [-0.05, 0) is 39.2 Å². The van der Waals surface area contributed by atoms with Gasteiger partial charge in [0.05, 0.1) is 6.10 Å². The first-order valence-electron chi connectivity index (χ1n) is 5.72. The van der Waals surface area contributed by atoms with E-state index in [1.807, 2.05) is 13.8 Å². The van der Waals surface area contributed by atoms with Crippen LogP contribution in [0, 0.1) is 5.92 Å². The summed E-state index contributed by atoms with van der Waals surface area (Å²) < 4.78 is 5.29. The third-order valence-electron chi connectivity index (χ3n) is 2.96. The van der Waals surface area contributed by atoms with Crippen LogP contribution < -0.4 is 0 Å². The first kappa shape index (κ1) is 12.0. The zero-order valence-electron chi connectivity index (χ0n) is 9.41. The third kappa shape index (κ3) is 3.95. The summed E-state index contributed by atoms with van der Waals surface area (Å²) in [5.74, 6) is 0.488. The molecule has 0 aromatic heterocycles. The van der Waals surface area contributed by atoms with Crippen LogP contribution >= 0.6 is 0 Å². The van der Waals surface area contributed by atoms with Crippen molar-refractivity contribution >= 4 is 0 Å². The van der Waals surface area contributed by atoms with Crippen LogP contribution in [-0.4, -0.2) is 49.0 Å². The summed E-state index contributed by atoms with van der Waals surface area (Å²) in [6.45, 7) is 8.92. The first-order chi connectivity index (χ1) is 6.74. The van der Waals surface area contributed by atoms with Crippen LogP contribution in [-0.2, 0) is 4.74 Å². The lowest BCUT2D eigenvalue weighted by Gasteiger charge is -2.16. The minimum atomic E-state index is -0.146. The van der Waals surface area contributed by atoms with Crippen molar-refractivity contribution in [2.24, 2.45) is 5.92 Å². The Balaban J connectivity index is 2.04. The van der Waals surface area contributed by atoms with Crippen LogP contribution in [0.25, 0.3) is 0 Å². The van der Waals surface area contributed by atoms with E-state index in [1.165, 1.54) is 0 Å². The number of hydrogen-bond donors (Lipinski definition) is 1. The summed E-state index contributed by atoms with van der Waals surface area (Å²) in [5.41, 5.74) is 0. The standard InChI is InChI=1S/C11H23NO2/c1-3-14-8-4-6-12-7-5-11(9-12)10(2)13/h10-11,13H,3-9H2,1-2H3. The van der Waals surface area contributed by atoms with Gasteiger partial charge in [-0.1, -0.05) is 0 Å². The maximum absolute atomic E-state index is 9.43. The largest absolute Gasteiger partial charge is 0.393 e. The maximum atomic E-state index is 9.43. The smallest absolute Gasteiger partial charge is 0.0552 e. The SMILES string of the molecule is CCOCCCN1CCC(C(C)O)C1. The van der Waals surface area contributed by atoms with E-state index in [2.05, 4.69) is 4.90 Å². The Morgan fingerprint density at radius 2 is 2.36 bits per heavy atom. The highest BCUT2D eigenvalue weighted by molar-refractivity contribution is 4.78. The molecule has 1 aliphatic rings. The Hall–Kier alpha value is -0.120. The molecule has 84 valence electrons. The molecule has 0 aromatic rings. The second-order valence-electron chi connectivity index (χ2n) is 4.14. The molecule has 0 saturated carbocycles. The van der Waals surface area contributed by atoms with Gasteiger partial charge in [-0.25, -0.2) is 0 Å². The molecule has 3 heteroatoms. The molecule has 0 spiro atoms. The van der Waals surface area contributed by atoms with E-state index in [-0.39, 0.29) is 6.10 Å². The molecular weight excluding hydrogens is 178 g/mol. The highest BCUT2D eigenvalue weighted by Gasteiger charge is 2.25. The number of likely N-dealkylation sites (tertiary alicyclic amines) is 1. The van der Waals surface area contributed by atoms with Gasteiger partial charge < -0.3 is 14.7 Å². The lowest BCUT2D eigenvalue weighted by atomic mass is 10.0. The van der Waals surface area contributed by atoms with Crippen molar-refractivity contribution in [3.63, 3.8) is 0 Å². The number of rotatable bonds is 6. The molecule has 1 heterocycles. The first-order valence-corrected chi connectivity index (χ1v) is 5.72. The van der Waals surface area contributed by atoms with Crippen molar-refractivity contribution in [1.29, 1.82) is 0 Å². The van der Waals surface area contributed by atoms with Crippen molar-refractivity contribution in [2.45, 2.75) is 32.8 Å². The maximum Gasteiger partial charge on any atom is 0.0552 e. The van der Waals surface area contributed by atoms with Crippen LogP contribution in [0.15, 0.2) is 0 Å². The van der Waals surface area contributed by atoms with Crippen LogP contribution in [0.4, 0.5) is 0 Å². The summed E-state index contributed by atoms with van der Waals surface area (Å²) in [7, 11) is 0. The molecule has 2 atom stereocenters. The molecule has 2 unspecified atom stereocenters. The summed E-state index contributed by atoms with van der Waals surface area (Å²) >= 11 is 0. The van der Waals surface area contributed by atoms with Crippen molar-refractivity contribution in [1.82, 2.24) is 4.90 Å². The normalized spacial score (nSPS) is 25.5. The number of aliphatic hydroxyl groups is 1. The van der Waals surface area contributed by atoms with Crippen LogP contribution in [0.5, 0.6) is 0 Å². The van der Waals surface area contributed by atoms with Gasteiger partial charge in [0.2, 0.25) is 0 Å². The predicted octanol–water partition coefficient (Wildman–Crippen LogP) is 1.12. The molecular formula is C11H23NO2. The average Bonchev–Trinajstić information content (AvgIpc) is 2.61. The summed E-state index contributed by atoms with van der Waals surface area (Å²) in [6, 6.07) is 0. The van der Waals surface area contributed by atoms with E-state index in [0.29, 0.717) is 5.92 Å². The number of hydrogen-bond acceptors (Lipinski definition) is 3. The predicted molar refractivity (Wildman–Crippen MR) is 57.3 cm³/mol. The topological polar surface area (TPSA) is 32.7 Å². The molecule has 14 heavy (non-hydrogen) atoms. The van der Waals surface area contributed by atoms with Gasteiger partial charge in [0.1, 0.15) is 0 Å². The highest BCUT2D eigenvalue weighted by Crippen LogP contribution is 2.19. The summed E-state index contributed by atoms with van der Waals surface area (Å²) in [6.07, 6.45) is 2.11. The minimum Gasteiger partial charge on any atom is -0.393 e. The highest BCUT2D eigenvalue weighted by atomic mass is 16.5. The molecule has 0 bridgehead atoms. The van der Waals surface area contributed by atoms with Gasteiger partial charge in [0.25, 0.3) is 0 Å². The van der Waals surface area contributed by atoms with E-state index in [4.69, 9.17) is 4.74 Å². The molecule has 0 aromatic carbocycles. The Morgan fingerprint density at radius 3 is 2.93 bits per heavy atom. The van der Waals surface area contributed by atoms with Crippen LogP contribution in [0.3, 0.4) is 0 Å². The van der Waals surface area contributed by atoms with Gasteiger partial charge in [-0.15, -0.1) is 0 Å². The molecule has 1 aliphatic heterocycles. The molecule has 0 aliphatic carbocycles. The third-order valence-corrected chi connectivity index (χ3v) is 2.96. The number of aliphatic hydroxyl groups excluding tert-OH is 1. The molecule has 1 fully saturated rings.